The number of phosphoric ester groups is 1. The number of anilines is 1. The smallest absolute Gasteiger partial charge is 0.378 e. The number of ether oxygens (including phenoxy) is 1. The minimum Gasteiger partial charge on any atom is -0.378 e. The average Bonchev–Trinajstić information content (AvgIpc) is 2.80. The number of nitrogen functional groups attached to an aromatic ring is 1. The molecule has 2 fully saturated rings. The molecule has 12 nitrogen and oxygen atoms in total. The van der Waals surface area contributed by atoms with Crippen LogP contribution in [-0.4, -0.2) is 57.6 Å². The Bertz CT molecular complexity index is 1040. The Kier molecular flexibility index (Phi) is 3.12. The van der Waals surface area contributed by atoms with Crippen LogP contribution in [0.25, 0.3) is 11.2 Å². The fourth-order valence-corrected chi connectivity index (χ4v) is 3.85. The van der Waals surface area contributed by atoms with Crippen LogP contribution >= 0.6 is 7.82 Å². The Morgan fingerprint density at radius 1 is 1.50 bits per heavy atom. The van der Waals surface area contributed by atoms with E-state index in [0.717, 1.165) is 17.8 Å². The van der Waals surface area contributed by atoms with Gasteiger partial charge >= 0.3 is 7.82 Å². The molecule has 0 bridgehead atoms. The van der Waals surface area contributed by atoms with Crippen molar-refractivity contribution in [3.8, 4) is 0 Å². The first-order valence-corrected chi connectivity index (χ1v) is 8.60. The molecule has 3 heterocycles. The predicted molar refractivity (Wildman–Crippen MR) is 77.9 cm³/mol. The molecule has 1 unspecified atom stereocenters. The van der Waals surface area contributed by atoms with Crippen LogP contribution in [0, 0.1) is 0 Å². The van der Waals surface area contributed by atoms with Gasteiger partial charge in [0.2, 0.25) is 5.95 Å². The third kappa shape index (κ3) is 1.93. The highest BCUT2D eigenvalue weighted by Gasteiger charge is 2.96. The number of nitrogens with zero attached hydrogens (tertiary/aromatic N) is 3. The highest BCUT2D eigenvalue weighted by Crippen LogP contribution is 2.72. The molecule has 26 heavy (non-hydrogen) atoms. The zero-order valence-corrected chi connectivity index (χ0v) is 13.7. The fraction of sp³-hybridized carbons (Fsp3) is 0.545. The van der Waals surface area contributed by atoms with Crippen LogP contribution in [0.5, 0.6) is 0 Å². The van der Waals surface area contributed by atoms with Gasteiger partial charge in [-0.15, -0.1) is 0 Å². The van der Waals surface area contributed by atoms with Crippen LogP contribution in [0.2, 0.25) is 0 Å². The molecular formula is C11H12F2N5O7P. The molecule has 1 saturated heterocycles. The van der Waals surface area contributed by atoms with Crippen LogP contribution in [0.4, 0.5) is 14.7 Å². The lowest BCUT2D eigenvalue weighted by Gasteiger charge is -2.29. The summed E-state index contributed by atoms with van der Waals surface area (Å²) in [5, 5.41) is 10.3. The van der Waals surface area contributed by atoms with E-state index in [1.807, 2.05) is 0 Å². The molecule has 1 aliphatic carbocycles. The summed E-state index contributed by atoms with van der Waals surface area (Å²) in [6, 6.07) is 0. The topological polar surface area (TPSA) is 186 Å². The Labute approximate surface area is 141 Å². The molecule has 0 amide bonds. The predicted octanol–water partition coefficient (Wildman–Crippen LogP) is -1.15. The summed E-state index contributed by atoms with van der Waals surface area (Å²) in [5.41, 5.74) is -1.71. The summed E-state index contributed by atoms with van der Waals surface area (Å²) in [7, 11) is -5.23. The molecule has 0 aromatic carbocycles. The molecule has 15 heteroatoms. The van der Waals surface area contributed by atoms with Crippen molar-refractivity contribution in [1.82, 2.24) is 19.5 Å². The summed E-state index contributed by atoms with van der Waals surface area (Å²) in [6.07, 6.45) is -3.18. The van der Waals surface area contributed by atoms with E-state index in [9.17, 15) is 18.9 Å². The maximum Gasteiger partial charge on any atom is 0.470 e. The zero-order chi connectivity index (χ0) is 19.3. The molecule has 0 spiro atoms. The normalized spacial score (nSPS) is 39.3. The highest BCUT2D eigenvalue weighted by molar-refractivity contribution is 7.46. The van der Waals surface area contributed by atoms with Crippen molar-refractivity contribution < 1.29 is 37.5 Å². The lowest BCUT2D eigenvalue weighted by Crippen LogP contribution is -2.45. The number of aliphatic hydroxyl groups is 1. The molecule has 2 aliphatic rings. The maximum absolute atomic E-state index is 15.3. The van der Waals surface area contributed by atoms with Crippen molar-refractivity contribution in [1.29, 1.82) is 0 Å². The van der Waals surface area contributed by atoms with E-state index in [1.54, 1.807) is 0 Å². The maximum atomic E-state index is 15.3. The number of hydrogen-bond acceptors (Lipinski definition) is 8. The molecule has 4 rings (SSSR count). The van der Waals surface area contributed by atoms with E-state index in [-0.39, 0.29) is 17.1 Å². The number of H-pyrrole nitrogens is 1. The molecular weight excluding hydrogens is 383 g/mol. The Morgan fingerprint density at radius 2 is 2.15 bits per heavy atom. The molecule has 1 saturated carbocycles. The van der Waals surface area contributed by atoms with E-state index in [0.29, 0.717) is 0 Å². The number of phosphoric acid groups is 1. The van der Waals surface area contributed by atoms with Gasteiger partial charge in [-0.3, -0.25) is 18.9 Å². The van der Waals surface area contributed by atoms with Gasteiger partial charge in [0.15, 0.2) is 34.8 Å². The minimum absolute atomic E-state index is 0.234. The lowest BCUT2D eigenvalue weighted by molar-refractivity contribution is -0.157. The van der Waals surface area contributed by atoms with Crippen molar-refractivity contribution in [2.45, 2.75) is 36.4 Å². The number of halogens is 2. The summed E-state index contributed by atoms with van der Waals surface area (Å²) in [5.74, 6) is -3.55. The number of aromatic nitrogens is 4. The third-order valence-corrected chi connectivity index (χ3v) is 5.08. The summed E-state index contributed by atoms with van der Waals surface area (Å²) < 4.78 is 50.9. The Morgan fingerprint density at radius 3 is 2.69 bits per heavy atom. The standard InChI is InChI=1S/C11H12F2N5O7P/c1-9(12)7(18-2-15-3-4(18)16-8(14)17-5(3)19)24-11(13)6(10(9,11)20)25-26(21,22)23/h2,6-7,20H,1H3,(H2,21,22,23)(H3,14,16,17,19)/t6?,7-,9+,10+,11-/m1/s1. The van der Waals surface area contributed by atoms with Gasteiger partial charge in [0, 0.05) is 0 Å². The van der Waals surface area contributed by atoms with Crippen LogP contribution < -0.4 is 11.3 Å². The second kappa shape index (κ2) is 4.65. The van der Waals surface area contributed by atoms with Gasteiger partial charge in [-0.05, 0) is 6.92 Å². The summed E-state index contributed by atoms with van der Waals surface area (Å²) in [4.78, 5) is 39.0. The number of imidazole rings is 1. The molecule has 0 radical (unpaired) electrons. The lowest BCUT2D eigenvalue weighted by atomic mass is 9.97. The zero-order valence-electron chi connectivity index (χ0n) is 12.8. The first kappa shape index (κ1) is 17.5. The van der Waals surface area contributed by atoms with Gasteiger partial charge < -0.3 is 25.4 Å². The summed E-state index contributed by atoms with van der Waals surface area (Å²) >= 11 is 0. The van der Waals surface area contributed by atoms with Gasteiger partial charge in [0.25, 0.3) is 11.4 Å². The summed E-state index contributed by atoms with van der Waals surface area (Å²) in [6.45, 7) is 0.754. The molecule has 1 aliphatic heterocycles. The van der Waals surface area contributed by atoms with E-state index >= 15 is 4.39 Å². The van der Waals surface area contributed by atoms with E-state index in [1.165, 1.54) is 0 Å². The average molecular weight is 395 g/mol. The Balaban J connectivity index is 1.79. The first-order chi connectivity index (χ1) is 11.8. The molecule has 6 N–H and O–H groups in total. The van der Waals surface area contributed by atoms with E-state index in [2.05, 4.69) is 19.5 Å². The van der Waals surface area contributed by atoms with Crippen LogP contribution in [0.3, 0.4) is 0 Å². The van der Waals surface area contributed by atoms with Gasteiger partial charge in [-0.1, -0.05) is 0 Å². The number of nitrogens with two attached hydrogens (primary N) is 1. The van der Waals surface area contributed by atoms with Gasteiger partial charge in [-0.25, -0.2) is 18.3 Å². The Hall–Kier alpha value is -1.96. The molecule has 5 atom stereocenters. The number of alkyl halides is 2. The molecule has 142 valence electrons. The third-order valence-electron chi connectivity index (χ3n) is 4.59. The number of fused-ring (bicyclic) bond motifs is 2. The second-order valence-corrected chi connectivity index (χ2v) is 7.40. The van der Waals surface area contributed by atoms with Crippen molar-refractivity contribution in [3.63, 3.8) is 0 Å². The first-order valence-electron chi connectivity index (χ1n) is 7.07. The fourth-order valence-electron chi connectivity index (χ4n) is 3.29. The molecule has 2 aromatic heterocycles. The largest absolute Gasteiger partial charge is 0.470 e. The van der Waals surface area contributed by atoms with Gasteiger partial charge in [0.1, 0.15) is 0 Å². The minimum atomic E-state index is -5.23. The monoisotopic (exact) mass is 395 g/mol. The molecule has 2 aromatic rings. The van der Waals surface area contributed by atoms with Crippen molar-refractivity contribution in [2.24, 2.45) is 0 Å². The van der Waals surface area contributed by atoms with Gasteiger partial charge in [0.05, 0.1) is 6.33 Å². The highest BCUT2D eigenvalue weighted by atomic mass is 31.2. The SMILES string of the molecule is C[C@]1(F)[C@H](n2cnc3c(=O)[nH]c(N)nc32)O[C@]2(F)C(OP(=O)(O)O)[C@]12O. The van der Waals surface area contributed by atoms with Crippen molar-refractivity contribution in [3.05, 3.63) is 16.7 Å². The van der Waals surface area contributed by atoms with Crippen LogP contribution in [0.1, 0.15) is 13.2 Å². The van der Waals surface area contributed by atoms with Crippen molar-refractivity contribution in [2.75, 3.05) is 5.73 Å². The quantitative estimate of drug-likeness (QED) is 0.397. The number of hydrogen-bond donors (Lipinski definition) is 5. The van der Waals surface area contributed by atoms with Gasteiger partial charge in [-0.2, -0.15) is 4.98 Å². The van der Waals surface area contributed by atoms with Crippen LogP contribution in [-0.2, 0) is 13.8 Å². The number of aromatic amines is 1. The van der Waals surface area contributed by atoms with E-state index < -0.39 is 42.8 Å². The van der Waals surface area contributed by atoms with Crippen molar-refractivity contribution >= 4 is 24.9 Å². The number of rotatable bonds is 3. The van der Waals surface area contributed by atoms with Crippen LogP contribution in [0.15, 0.2) is 11.1 Å². The number of nitrogens with one attached hydrogen (secondary N) is 1. The van der Waals surface area contributed by atoms with E-state index in [4.69, 9.17) is 20.3 Å². The second-order valence-electron chi connectivity index (χ2n) is 6.21.